The second-order valence-corrected chi connectivity index (χ2v) is 4.50. The van der Waals surface area contributed by atoms with Crippen molar-refractivity contribution in [2.24, 2.45) is 0 Å². The van der Waals surface area contributed by atoms with Crippen LogP contribution in [0.15, 0.2) is 23.7 Å². The second-order valence-electron chi connectivity index (χ2n) is 3.61. The predicted octanol–water partition coefficient (Wildman–Crippen LogP) is 0.748. The molecule has 2 heterocycles. The van der Waals surface area contributed by atoms with Crippen molar-refractivity contribution in [3.05, 3.63) is 40.7 Å². The summed E-state index contributed by atoms with van der Waals surface area (Å²) in [7, 11) is 0. The lowest BCUT2D eigenvalue weighted by Gasteiger charge is -2.03. The Morgan fingerprint density at radius 2 is 2.16 bits per heavy atom. The normalized spacial score (nSPS) is 10.1. The number of nitrogens with zero attached hydrogens (tertiary/aromatic N) is 2. The van der Waals surface area contributed by atoms with Gasteiger partial charge in [-0.15, -0.1) is 11.3 Å². The minimum atomic E-state index is -1.09. The van der Waals surface area contributed by atoms with Gasteiger partial charge in [-0.1, -0.05) is 6.07 Å². The third-order valence-corrected chi connectivity index (χ3v) is 2.93. The highest BCUT2D eigenvalue weighted by Crippen LogP contribution is 2.10. The van der Waals surface area contributed by atoms with E-state index in [9.17, 15) is 9.59 Å². The molecule has 4 N–H and O–H groups in total. The number of carboxylic acid groups (broad SMARTS) is 1. The number of carbonyl (C=O) groups is 2. The van der Waals surface area contributed by atoms with Gasteiger partial charge in [0.25, 0.3) is 5.91 Å². The van der Waals surface area contributed by atoms with E-state index in [1.807, 2.05) is 0 Å². The van der Waals surface area contributed by atoms with Gasteiger partial charge in [-0.3, -0.25) is 4.79 Å². The molecule has 98 valence electrons. The highest BCUT2D eigenvalue weighted by atomic mass is 32.1. The van der Waals surface area contributed by atoms with Crippen LogP contribution in [-0.4, -0.2) is 27.0 Å². The number of carbonyl (C=O) groups excluding carboxylic acids is 1. The van der Waals surface area contributed by atoms with E-state index in [-0.39, 0.29) is 23.8 Å². The van der Waals surface area contributed by atoms with Crippen LogP contribution in [0.2, 0.25) is 0 Å². The highest BCUT2D eigenvalue weighted by Gasteiger charge is 2.09. The first-order valence-corrected chi connectivity index (χ1v) is 6.11. The first-order chi connectivity index (χ1) is 9.06. The van der Waals surface area contributed by atoms with Crippen molar-refractivity contribution in [1.29, 1.82) is 0 Å². The van der Waals surface area contributed by atoms with E-state index in [0.717, 1.165) is 0 Å². The van der Waals surface area contributed by atoms with E-state index < -0.39 is 5.97 Å². The maximum Gasteiger partial charge on any atom is 0.354 e. The van der Waals surface area contributed by atoms with Gasteiger partial charge in [0, 0.05) is 18.1 Å². The van der Waals surface area contributed by atoms with Crippen LogP contribution in [-0.2, 0) is 6.54 Å². The lowest BCUT2D eigenvalue weighted by atomic mass is 10.2. The van der Waals surface area contributed by atoms with E-state index in [2.05, 4.69) is 15.3 Å². The van der Waals surface area contributed by atoms with Crippen LogP contribution in [0, 0.1) is 0 Å². The number of thiazole rings is 1. The van der Waals surface area contributed by atoms with Crippen LogP contribution in [0.25, 0.3) is 0 Å². The number of anilines is 1. The maximum absolute atomic E-state index is 11.7. The van der Waals surface area contributed by atoms with Gasteiger partial charge in [-0.2, -0.15) is 0 Å². The number of aromatic nitrogens is 2. The fraction of sp³-hybridized carbons (Fsp3) is 0.0909. The van der Waals surface area contributed by atoms with Crippen molar-refractivity contribution in [3.63, 3.8) is 0 Å². The van der Waals surface area contributed by atoms with Crippen molar-refractivity contribution < 1.29 is 14.7 Å². The largest absolute Gasteiger partial charge is 0.477 e. The quantitative estimate of drug-likeness (QED) is 0.759. The molecule has 0 aliphatic rings. The molecule has 1 amide bonds. The number of aromatic carboxylic acids is 1. The molecule has 0 atom stereocenters. The molecular weight excluding hydrogens is 268 g/mol. The van der Waals surface area contributed by atoms with Crippen molar-refractivity contribution in [1.82, 2.24) is 15.3 Å². The third-order valence-electron chi connectivity index (χ3n) is 2.25. The van der Waals surface area contributed by atoms with Crippen molar-refractivity contribution in [2.45, 2.75) is 6.54 Å². The summed E-state index contributed by atoms with van der Waals surface area (Å²) < 4.78 is 0. The average molecular weight is 278 g/mol. The molecule has 0 aliphatic carbocycles. The van der Waals surface area contributed by atoms with Crippen LogP contribution in [0.5, 0.6) is 0 Å². The Kier molecular flexibility index (Phi) is 3.71. The first-order valence-electron chi connectivity index (χ1n) is 5.23. The number of nitrogens with one attached hydrogen (secondary N) is 1. The molecule has 0 unspecified atom stereocenters. The van der Waals surface area contributed by atoms with E-state index in [1.165, 1.54) is 23.6 Å². The molecule has 0 radical (unpaired) electrons. The second kappa shape index (κ2) is 5.44. The molecule has 0 bridgehead atoms. The Bertz CT molecular complexity index is 609. The summed E-state index contributed by atoms with van der Waals surface area (Å²) in [6.07, 6.45) is 1.40. The SMILES string of the molecule is Nc1nc(C(=O)NCc2ccc(C(=O)O)nc2)cs1. The monoisotopic (exact) mass is 278 g/mol. The van der Waals surface area contributed by atoms with Gasteiger partial charge >= 0.3 is 5.97 Å². The zero-order valence-electron chi connectivity index (χ0n) is 9.66. The first kappa shape index (κ1) is 13.0. The van der Waals surface area contributed by atoms with Gasteiger partial charge in [0.2, 0.25) is 0 Å². The summed E-state index contributed by atoms with van der Waals surface area (Å²) in [6.45, 7) is 0.239. The molecule has 7 nitrogen and oxygen atoms in total. The Morgan fingerprint density at radius 1 is 1.37 bits per heavy atom. The number of rotatable bonds is 4. The summed E-state index contributed by atoms with van der Waals surface area (Å²) in [5, 5.41) is 13.2. The van der Waals surface area contributed by atoms with Gasteiger partial charge < -0.3 is 16.2 Å². The molecule has 0 fully saturated rings. The molecule has 0 aliphatic heterocycles. The van der Waals surface area contributed by atoms with Crippen molar-refractivity contribution >= 4 is 28.3 Å². The number of nitrogens with two attached hydrogens (primary N) is 1. The molecule has 0 spiro atoms. The minimum Gasteiger partial charge on any atom is -0.477 e. The van der Waals surface area contributed by atoms with E-state index in [0.29, 0.717) is 10.7 Å². The molecule has 2 aromatic rings. The maximum atomic E-state index is 11.7. The standard InChI is InChI=1S/C11H10N4O3S/c12-11-15-8(5-19-11)9(16)14-4-6-1-2-7(10(17)18)13-3-6/h1-3,5H,4H2,(H2,12,15)(H,14,16)(H,17,18). The molecule has 2 rings (SSSR count). The summed E-state index contributed by atoms with van der Waals surface area (Å²) >= 11 is 1.19. The lowest BCUT2D eigenvalue weighted by molar-refractivity contribution is 0.0690. The fourth-order valence-electron chi connectivity index (χ4n) is 1.32. The number of carboxylic acids is 1. The Morgan fingerprint density at radius 3 is 2.68 bits per heavy atom. The van der Waals surface area contributed by atoms with Crippen LogP contribution in [0.1, 0.15) is 26.5 Å². The molecule has 8 heteroatoms. The number of hydrogen-bond donors (Lipinski definition) is 3. The minimum absolute atomic E-state index is 0.0395. The molecular formula is C11H10N4O3S. The lowest BCUT2D eigenvalue weighted by Crippen LogP contribution is -2.23. The Labute approximate surface area is 112 Å². The van der Waals surface area contributed by atoms with Crippen molar-refractivity contribution in [2.75, 3.05) is 5.73 Å². The molecule has 19 heavy (non-hydrogen) atoms. The summed E-state index contributed by atoms with van der Waals surface area (Å²) in [6, 6.07) is 2.97. The van der Waals surface area contributed by atoms with Gasteiger partial charge in [-0.05, 0) is 11.6 Å². The Hall–Kier alpha value is -2.48. The van der Waals surface area contributed by atoms with Crippen molar-refractivity contribution in [3.8, 4) is 0 Å². The van der Waals surface area contributed by atoms with E-state index in [4.69, 9.17) is 10.8 Å². The summed E-state index contributed by atoms with van der Waals surface area (Å²) in [5.74, 6) is -1.43. The summed E-state index contributed by atoms with van der Waals surface area (Å²) in [4.78, 5) is 29.9. The van der Waals surface area contributed by atoms with Gasteiger partial charge in [-0.25, -0.2) is 14.8 Å². The van der Waals surface area contributed by atoms with Gasteiger partial charge in [0.15, 0.2) is 5.13 Å². The zero-order valence-corrected chi connectivity index (χ0v) is 10.5. The molecule has 0 aromatic carbocycles. The van der Waals surface area contributed by atoms with Crippen LogP contribution in [0.3, 0.4) is 0 Å². The van der Waals surface area contributed by atoms with Crippen LogP contribution in [0.4, 0.5) is 5.13 Å². The number of nitrogen functional groups attached to an aromatic ring is 1. The van der Waals surface area contributed by atoms with E-state index >= 15 is 0 Å². The highest BCUT2D eigenvalue weighted by molar-refractivity contribution is 7.13. The third kappa shape index (κ3) is 3.26. The smallest absolute Gasteiger partial charge is 0.354 e. The molecule has 0 saturated carbocycles. The molecule has 0 saturated heterocycles. The summed E-state index contributed by atoms with van der Waals surface area (Å²) in [5.41, 5.74) is 6.35. The zero-order chi connectivity index (χ0) is 13.8. The number of pyridine rings is 1. The molecule has 2 aromatic heterocycles. The topological polar surface area (TPSA) is 118 Å². The fourth-order valence-corrected chi connectivity index (χ4v) is 1.86. The van der Waals surface area contributed by atoms with Crippen LogP contribution >= 0.6 is 11.3 Å². The van der Waals surface area contributed by atoms with Gasteiger partial charge in [0.05, 0.1) is 0 Å². The Balaban J connectivity index is 1.95. The number of amides is 1. The van der Waals surface area contributed by atoms with E-state index in [1.54, 1.807) is 11.4 Å². The number of hydrogen-bond acceptors (Lipinski definition) is 6. The predicted molar refractivity (Wildman–Crippen MR) is 68.9 cm³/mol. The average Bonchev–Trinajstić information content (AvgIpc) is 2.83. The van der Waals surface area contributed by atoms with Gasteiger partial charge in [0.1, 0.15) is 11.4 Å². The van der Waals surface area contributed by atoms with Crippen LogP contribution < -0.4 is 11.1 Å².